The molecule has 88 valence electrons. The van der Waals surface area contributed by atoms with Crippen LogP contribution in [0.5, 0.6) is 0 Å². The van der Waals surface area contributed by atoms with Crippen LogP contribution in [0.15, 0.2) is 12.5 Å². The molecule has 1 N–H and O–H groups in total. The maximum atomic E-state index is 11.1. The SMILES string of the molecule is COC(C(=O)O)C(C)(C)c1cncnc1C. The Kier molecular flexibility index (Phi) is 3.59. The van der Waals surface area contributed by atoms with Crippen molar-refractivity contribution in [3.05, 3.63) is 23.8 Å². The van der Waals surface area contributed by atoms with Gasteiger partial charge in [0, 0.05) is 30.0 Å². The van der Waals surface area contributed by atoms with Gasteiger partial charge in [0.15, 0.2) is 6.10 Å². The van der Waals surface area contributed by atoms with E-state index in [-0.39, 0.29) is 0 Å². The molecule has 1 heterocycles. The van der Waals surface area contributed by atoms with E-state index in [9.17, 15) is 4.79 Å². The van der Waals surface area contributed by atoms with Gasteiger partial charge in [-0.3, -0.25) is 0 Å². The summed E-state index contributed by atoms with van der Waals surface area (Å²) in [6.45, 7) is 5.44. The monoisotopic (exact) mass is 224 g/mol. The van der Waals surface area contributed by atoms with E-state index in [1.54, 1.807) is 20.0 Å². The van der Waals surface area contributed by atoms with Gasteiger partial charge in [-0.1, -0.05) is 13.8 Å². The normalized spacial score (nSPS) is 13.5. The van der Waals surface area contributed by atoms with Gasteiger partial charge >= 0.3 is 5.97 Å². The highest BCUT2D eigenvalue weighted by atomic mass is 16.5. The standard InChI is InChI=1S/C11H16N2O3/c1-7-8(5-12-6-13-7)11(2,3)9(16-4)10(14)15/h5-6,9H,1-4H3,(H,14,15). The Morgan fingerprint density at radius 2 is 2.19 bits per heavy atom. The average molecular weight is 224 g/mol. The van der Waals surface area contributed by atoms with E-state index < -0.39 is 17.5 Å². The lowest BCUT2D eigenvalue weighted by Crippen LogP contribution is -2.42. The Hall–Kier alpha value is -1.49. The minimum atomic E-state index is -0.990. The van der Waals surface area contributed by atoms with E-state index in [0.717, 1.165) is 11.3 Å². The van der Waals surface area contributed by atoms with Crippen LogP contribution >= 0.6 is 0 Å². The lowest BCUT2D eigenvalue weighted by Gasteiger charge is -2.31. The van der Waals surface area contributed by atoms with Crippen molar-refractivity contribution in [1.29, 1.82) is 0 Å². The molecule has 0 amide bonds. The van der Waals surface area contributed by atoms with E-state index in [0.29, 0.717) is 0 Å². The van der Waals surface area contributed by atoms with Gasteiger partial charge in [-0.25, -0.2) is 14.8 Å². The van der Waals surface area contributed by atoms with Gasteiger partial charge in [-0.2, -0.15) is 0 Å². The summed E-state index contributed by atoms with van der Waals surface area (Å²) in [5.41, 5.74) is 0.874. The van der Waals surface area contributed by atoms with Gasteiger partial charge in [-0.05, 0) is 6.92 Å². The predicted octanol–water partition coefficient (Wildman–Crippen LogP) is 1.16. The van der Waals surface area contributed by atoms with Crippen LogP contribution in [-0.2, 0) is 14.9 Å². The number of rotatable bonds is 4. The first-order chi connectivity index (χ1) is 7.41. The smallest absolute Gasteiger partial charge is 0.333 e. The Balaban J connectivity index is 3.19. The van der Waals surface area contributed by atoms with E-state index in [1.807, 2.05) is 6.92 Å². The van der Waals surface area contributed by atoms with Gasteiger partial charge in [0.2, 0.25) is 0 Å². The van der Waals surface area contributed by atoms with Gasteiger partial charge in [-0.15, -0.1) is 0 Å². The van der Waals surface area contributed by atoms with Crippen molar-refractivity contribution < 1.29 is 14.6 Å². The summed E-state index contributed by atoms with van der Waals surface area (Å²) in [4.78, 5) is 19.1. The molecule has 16 heavy (non-hydrogen) atoms. The largest absolute Gasteiger partial charge is 0.479 e. The molecular weight excluding hydrogens is 208 g/mol. The summed E-state index contributed by atoms with van der Waals surface area (Å²) < 4.78 is 5.03. The second-order valence-electron chi connectivity index (χ2n) is 4.20. The Labute approximate surface area is 94.5 Å². The zero-order valence-corrected chi connectivity index (χ0v) is 9.89. The number of aliphatic carboxylic acids is 1. The molecule has 0 aliphatic heterocycles. The molecule has 1 rings (SSSR count). The second-order valence-corrected chi connectivity index (χ2v) is 4.20. The third kappa shape index (κ3) is 2.19. The third-order valence-corrected chi connectivity index (χ3v) is 2.72. The maximum absolute atomic E-state index is 11.1. The molecule has 1 aromatic heterocycles. The topological polar surface area (TPSA) is 72.3 Å². The minimum absolute atomic E-state index is 0.675. The molecular formula is C11H16N2O3. The van der Waals surface area contributed by atoms with Crippen LogP contribution in [0.3, 0.4) is 0 Å². The number of carbonyl (C=O) groups is 1. The lowest BCUT2D eigenvalue weighted by atomic mass is 9.79. The van der Waals surface area contributed by atoms with Crippen molar-refractivity contribution in [3.8, 4) is 0 Å². The molecule has 0 saturated heterocycles. The van der Waals surface area contributed by atoms with Crippen LogP contribution < -0.4 is 0 Å². The summed E-state index contributed by atoms with van der Waals surface area (Å²) >= 11 is 0. The summed E-state index contributed by atoms with van der Waals surface area (Å²) in [6.07, 6.45) is 2.16. The van der Waals surface area contributed by atoms with Crippen LogP contribution in [-0.4, -0.2) is 34.3 Å². The Morgan fingerprint density at radius 3 is 2.62 bits per heavy atom. The van der Waals surface area contributed by atoms with Crippen molar-refractivity contribution in [2.24, 2.45) is 0 Å². The molecule has 0 radical (unpaired) electrons. The predicted molar refractivity (Wildman–Crippen MR) is 58.2 cm³/mol. The number of carboxylic acids is 1. The molecule has 0 bridgehead atoms. The van der Waals surface area contributed by atoms with Gasteiger partial charge < -0.3 is 9.84 Å². The van der Waals surface area contributed by atoms with E-state index in [4.69, 9.17) is 9.84 Å². The molecule has 5 heteroatoms. The second kappa shape index (κ2) is 4.57. The summed E-state index contributed by atoms with van der Waals surface area (Å²) in [7, 11) is 1.39. The molecule has 5 nitrogen and oxygen atoms in total. The molecule has 0 aliphatic rings. The number of carboxylic acid groups (broad SMARTS) is 1. The molecule has 1 unspecified atom stereocenters. The van der Waals surface area contributed by atoms with E-state index in [1.165, 1.54) is 13.4 Å². The molecule has 0 fully saturated rings. The summed E-state index contributed by atoms with van der Waals surface area (Å²) in [5.74, 6) is -0.990. The first kappa shape index (κ1) is 12.6. The number of hydrogen-bond donors (Lipinski definition) is 1. The van der Waals surface area contributed by atoms with Crippen LogP contribution in [0.25, 0.3) is 0 Å². The fourth-order valence-electron chi connectivity index (χ4n) is 1.87. The van der Waals surface area contributed by atoms with Crippen molar-refractivity contribution in [2.45, 2.75) is 32.3 Å². The van der Waals surface area contributed by atoms with Crippen molar-refractivity contribution in [3.63, 3.8) is 0 Å². The van der Waals surface area contributed by atoms with Crippen LogP contribution in [0.1, 0.15) is 25.1 Å². The maximum Gasteiger partial charge on any atom is 0.333 e. The number of hydrogen-bond acceptors (Lipinski definition) is 4. The highest BCUT2D eigenvalue weighted by Crippen LogP contribution is 2.30. The number of aryl methyl sites for hydroxylation is 1. The van der Waals surface area contributed by atoms with E-state index >= 15 is 0 Å². The average Bonchev–Trinajstić information content (AvgIpc) is 2.17. The molecule has 0 saturated carbocycles. The zero-order valence-electron chi connectivity index (χ0n) is 9.89. The lowest BCUT2D eigenvalue weighted by molar-refractivity contribution is -0.152. The Bertz CT molecular complexity index is 391. The van der Waals surface area contributed by atoms with Crippen LogP contribution in [0.4, 0.5) is 0 Å². The Morgan fingerprint density at radius 1 is 1.56 bits per heavy atom. The zero-order chi connectivity index (χ0) is 12.3. The quantitative estimate of drug-likeness (QED) is 0.830. The first-order valence-corrected chi connectivity index (χ1v) is 4.94. The molecule has 1 aromatic rings. The van der Waals surface area contributed by atoms with Gasteiger partial charge in [0.1, 0.15) is 6.33 Å². The highest BCUT2D eigenvalue weighted by molar-refractivity contribution is 5.74. The first-order valence-electron chi connectivity index (χ1n) is 4.94. The molecule has 1 atom stereocenters. The minimum Gasteiger partial charge on any atom is -0.479 e. The van der Waals surface area contributed by atoms with Crippen molar-refractivity contribution in [2.75, 3.05) is 7.11 Å². The fraction of sp³-hybridized carbons (Fsp3) is 0.545. The summed E-state index contributed by atoms with van der Waals surface area (Å²) in [6, 6.07) is 0. The number of aromatic nitrogens is 2. The number of methoxy groups -OCH3 is 1. The van der Waals surface area contributed by atoms with Gasteiger partial charge in [0.25, 0.3) is 0 Å². The fourth-order valence-corrected chi connectivity index (χ4v) is 1.87. The number of ether oxygens (including phenoxy) is 1. The molecule has 0 aliphatic carbocycles. The van der Waals surface area contributed by atoms with Crippen LogP contribution in [0.2, 0.25) is 0 Å². The third-order valence-electron chi connectivity index (χ3n) is 2.72. The molecule has 0 aromatic carbocycles. The highest BCUT2D eigenvalue weighted by Gasteiger charge is 2.38. The summed E-state index contributed by atoms with van der Waals surface area (Å²) in [5, 5.41) is 9.10. The van der Waals surface area contributed by atoms with Crippen LogP contribution in [0, 0.1) is 6.92 Å². The van der Waals surface area contributed by atoms with Gasteiger partial charge in [0.05, 0.1) is 0 Å². The van der Waals surface area contributed by atoms with E-state index in [2.05, 4.69) is 9.97 Å². The van der Waals surface area contributed by atoms with Crippen molar-refractivity contribution in [1.82, 2.24) is 9.97 Å². The van der Waals surface area contributed by atoms with Crippen molar-refractivity contribution >= 4 is 5.97 Å². The molecule has 0 spiro atoms. The number of nitrogens with zero attached hydrogens (tertiary/aromatic N) is 2.